The first-order valence-electron chi connectivity index (χ1n) is 6.68. The molecule has 2 aromatic heterocycles. The molecule has 106 valence electrons. The molecule has 0 aliphatic carbocycles. The van der Waals surface area contributed by atoms with Crippen molar-refractivity contribution in [2.45, 2.75) is 13.8 Å². The summed E-state index contributed by atoms with van der Waals surface area (Å²) in [5.41, 5.74) is 8.39. The summed E-state index contributed by atoms with van der Waals surface area (Å²) in [5, 5.41) is 7.06. The first-order valence-corrected chi connectivity index (χ1v) is 7.56. The standard InChI is InChI=1S/C16H16N4S/c1-11-8-14(12(2)18-11)9-17-20-16-19-15(10-21-16)13-6-4-3-5-7-13/h3-10,18H,1-2H3,(H,19,20)/b17-9+. The fraction of sp³-hybridized carbons (Fsp3) is 0.125. The third-order valence-corrected chi connectivity index (χ3v) is 3.87. The Kier molecular flexibility index (Phi) is 3.83. The Hall–Kier alpha value is -2.40. The molecule has 2 N–H and O–H groups in total. The predicted molar refractivity (Wildman–Crippen MR) is 89.0 cm³/mol. The normalized spacial score (nSPS) is 11.1. The first-order chi connectivity index (χ1) is 10.2. The van der Waals surface area contributed by atoms with E-state index in [4.69, 9.17) is 0 Å². The summed E-state index contributed by atoms with van der Waals surface area (Å²) in [4.78, 5) is 7.77. The SMILES string of the molecule is Cc1cc(/C=N/Nc2nc(-c3ccccc3)cs2)c(C)[nH]1. The molecule has 0 amide bonds. The highest BCUT2D eigenvalue weighted by Crippen LogP contribution is 2.24. The van der Waals surface area contributed by atoms with Crippen molar-refractivity contribution in [1.29, 1.82) is 0 Å². The third kappa shape index (κ3) is 3.20. The van der Waals surface area contributed by atoms with E-state index >= 15 is 0 Å². The number of benzene rings is 1. The van der Waals surface area contributed by atoms with E-state index in [9.17, 15) is 0 Å². The van der Waals surface area contributed by atoms with E-state index in [0.29, 0.717) is 0 Å². The van der Waals surface area contributed by atoms with Gasteiger partial charge < -0.3 is 4.98 Å². The van der Waals surface area contributed by atoms with Gasteiger partial charge in [0, 0.05) is 27.9 Å². The zero-order chi connectivity index (χ0) is 14.7. The van der Waals surface area contributed by atoms with Crippen LogP contribution >= 0.6 is 11.3 Å². The van der Waals surface area contributed by atoms with Crippen LogP contribution in [0.5, 0.6) is 0 Å². The van der Waals surface area contributed by atoms with Crippen LogP contribution in [0.2, 0.25) is 0 Å². The lowest BCUT2D eigenvalue weighted by Crippen LogP contribution is -1.90. The Morgan fingerprint density at radius 2 is 2.05 bits per heavy atom. The monoisotopic (exact) mass is 296 g/mol. The van der Waals surface area contributed by atoms with Crippen LogP contribution in [0.25, 0.3) is 11.3 Å². The lowest BCUT2D eigenvalue weighted by molar-refractivity contribution is 1.19. The van der Waals surface area contributed by atoms with Gasteiger partial charge in [-0.05, 0) is 19.9 Å². The quantitative estimate of drug-likeness (QED) is 0.560. The summed E-state index contributed by atoms with van der Waals surface area (Å²) < 4.78 is 0. The lowest BCUT2D eigenvalue weighted by atomic mass is 10.2. The minimum atomic E-state index is 0.787. The maximum absolute atomic E-state index is 4.53. The number of H-pyrrole nitrogens is 1. The Morgan fingerprint density at radius 1 is 1.24 bits per heavy atom. The lowest BCUT2D eigenvalue weighted by Gasteiger charge is -1.95. The minimum absolute atomic E-state index is 0.787. The molecule has 0 saturated carbocycles. The van der Waals surface area contributed by atoms with Gasteiger partial charge >= 0.3 is 0 Å². The van der Waals surface area contributed by atoms with Gasteiger partial charge in [-0.1, -0.05) is 30.3 Å². The smallest absolute Gasteiger partial charge is 0.203 e. The number of aromatic nitrogens is 2. The molecule has 1 aromatic carbocycles. The second-order valence-corrected chi connectivity index (χ2v) is 5.66. The topological polar surface area (TPSA) is 53.1 Å². The zero-order valence-corrected chi connectivity index (χ0v) is 12.7. The molecule has 0 radical (unpaired) electrons. The number of hydrazone groups is 1. The minimum Gasteiger partial charge on any atom is -0.362 e. The maximum atomic E-state index is 4.53. The molecule has 3 rings (SSSR count). The second kappa shape index (κ2) is 5.93. The van der Waals surface area contributed by atoms with Crippen molar-refractivity contribution in [2.24, 2.45) is 5.10 Å². The van der Waals surface area contributed by atoms with Crippen molar-refractivity contribution in [1.82, 2.24) is 9.97 Å². The summed E-state index contributed by atoms with van der Waals surface area (Å²) in [7, 11) is 0. The molecule has 0 saturated heterocycles. The number of rotatable bonds is 4. The van der Waals surface area contributed by atoms with Gasteiger partial charge in [0.2, 0.25) is 5.13 Å². The highest BCUT2D eigenvalue weighted by molar-refractivity contribution is 7.14. The molecular formula is C16H16N4S. The Morgan fingerprint density at radius 3 is 2.76 bits per heavy atom. The third-order valence-electron chi connectivity index (χ3n) is 3.13. The molecule has 4 nitrogen and oxygen atoms in total. The predicted octanol–water partition coefficient (Wildman–Crippen LogP) is 4.20. The highest BCUT2D eigenvalue weighted by Gasteiger charge is 2.03. The van der Waals surface area contributed by atoms with E-state index in [0.717, 1.165) is 33.3 Å². The molecular weight excluding hydrogens is 280 g/mol. The van der Waals surface area contributed by atoms with Crippen LogP contribution in [-0.4, -0.2) is 16.2 Å². The summed E-state index contributed by atoms with van der Waals surface area (Å²) in [6.45, 7) is 4.07. The van der Waals surface area contributed by atoms with Crippen LogP contribution in [0.15, 0.2) is 46.9 Å². The van der Waals surface area contributed by atoms with Crippen LogP contribution in [0.4, 0.5) is 5.13 Å². The van der Waals surface area contributed by atoms with Crippen molar-refractivity contribution in [3.63, 3.8) is 0 Å². The molecule has 0 atom stereocenters. The van der Waals surface area contributed by atoms with Crippen molar-refractivity contribution >= 4 is 22.7 Å². The molecule has 5 heteroatoms. The summed E-state index contributed by atoms with van der Waals surface area (Å²) in [5.74, 6) is 0. The van der Waals surface area contributed by atoms with Crippen LogP contribution in [0.3, 0.4) is 0 Å². The van der Waals surface area contributed by atoms with E-state index in [2.05, 4.69) is 26.6 Å². The highest BCUT2D eigenvalue weighted by atomic mass is 32.1. The van der Waals surface area contributed by atoms with Gasteiger partial charge in [-0.2, -0.15) is 5.10 Å². The first kappa shape index (κ1) is 13.6. The van der Waals surface area contributed by atoms with Crippen LogP contribution in [0.1, 0.15) is 17.0 Å². The van der Waals surface area contributed by atoms with Gasteiger partial charge in [-0.25, -0.2) is 4.98 Å². The molecule has 3 aromatic rings. The van der Waals surface area contributed by atoms with Crippen molar-refractivity contribution in [2.75, 3.05) is 5.43 Å². The molecule has 21 heavy (non-hydrogen) atoms. The van der Waals surface area contributed by atoms with Gasteiger partial charge in [-0.3, -0.25) is 5.43 Å². The molecule has 0 aliphatic heterocycles. The molecule has 0 aliphatic rings. The largest absolute Gasteiger partial charge is 0.362 e. The van der Waals surface area contributed by atoms with E-state index < -0.39 is 0 Å². The number of thiazole rings is 1. The van der Waals surface area contributed by atoms with Crippen LogP contribution in [-0.2, 0) is 0 Å². The molecule has 0 fully saturated rings. The summed E-state index contributed by atoms with van der Waals surface area (Å²) in [6, 6.07) is 12.2. The van der Waals surface area contributed by atoms with Crippen LogP contribution < -0.4 is 5.43 Å². The van der Waals surface area contributed by atoms with Gasteiger partial charge in [0.1, 0.15) is 0 Å². The van der Waals surface area contributed by atoms with Crippen molar-refractivity contribution < 1.29 is 0 Å². The Balaban J connectivity index is 1.69. The van der Waals surface area contributed by atoms with E-state index in [-0.39, 0.29) is 0 Å². The Bertz CT molecular complexity index is 756. The molecule has 0 bridgehead atoms. The molecule has 0 unspecified atom stereocenters. The van der Waals surface area contributed by atoms with E-state index in [1.54, 1.807) is 11.3 Å². The van der Waals surface area contributed by atoms with Gasteiger partial charge in [0.25, 0.3) is 0 Å². The van der Waals surface area contributed by atoms with Gasteiger partial charge in [-0.15, -0.1) is 11.3 Å². The average molecular weight is 296 g/mol. The number of aryl methyl sites for hydroxylation is 2. The number of hydrogen-bond donors (Lipinski definition) is 2. The van der Waals surface area contributed by atoms with Crippen LogP contribution in [0, 0.1) is 13.8 Å². The van der Waals surface area contributed by atoms with Crippen molar-refractivity contribution in [3.8, 4) is 11.3 Å². The average Bonchev–Trinajstić information content (AvgIpc) is 3.07. The molecule has 2 heterocycles. The number of aromatic amines is 1. The van der Waals surface area contributed by atoms with Gasteiger partial charge in [0.05, 0.1) is 11.9 Å². The Labute approximate surface area is 127 Å². The summed E-state index contributed by atoms with van der Waals surface area (Å²) in [6.07, 6.45) is 1.81. The summed E-state index contributed by atoms with van der Waals surface area (Å²) >= 11 is 1.55. The van der Waals surface area contributed by atoms with Crippen molar-refractivity contribution in [3.05, 3.63) is 58.7 Å². The van der Waals surface area contributed by atoms with Gasteiger partial charge in [0.15, 0.2) is 0 Å². The fourth-order valence-electron chi connectivity index (χ4n) is 2.10. The number of anilines is 1. The molecule has 0 spiro atoms. The number of nitrogens with one attached hydrogen (secondary N) is 2. The van der Waals surface area contributed by atoms with E-state index in [1.807, 2.05) is 55.8 Å². The fourth-order valence-corrected chi connectivity index (χ4v) is 2.77. The van der Waals surface area contributed by atoms with E-state index in [1.165, 1.54) is 0 Å². The zero-order valence-electron chi connectivity index (χ0n) is 11.9. The number of nitrogens with zero attached hydrogens (tertiary/aromatic N) is 2. The maximum Gasteiger partial charge on any atom is 0.203 e. The second-order valence-electron chi connectivity index (χ2n) is 4.81. The number of hydrogen-bond acceptors (Lipinski definition) is 4.